The van der Waals surface area contributed by atoms with Crippen LogP contribution in [0.3, 0.4) is 0 Å². The van der Waals surface area contributed by atoms with Crippen LogP contribution in [-0.2, 0) is 16.6 Å². The zero-order valence-electron chi connectivity index (χ0n) is 18.1. The van der Waals surface area contributed by atoms with Crippen molar-refractivity contribution < 1.29 is 8.42 Å². The van der Waals surface area contributed by atoms with E-state index in [4.69, 9.17) is 0 Å². The van der Waals surface area contributed by atoms with Gasteiger partial charge in [0.25, 0.3) is 10.0 Å². The Morgan fingerprint density at radius 1 is 0.875 bits per heavy atom. The first-order valence-electron chi connectivity index (χ1n) is 10.9. The highest BCUT2D eigenvalue weighted by atomic mass is 32.2. The van der Waals surface area contributed by atoms with Gasteiger partial charge in [0.05, 0.1) is 10.4 Å². The van der Waals surface area contributed by atoms with Crippen LogP contribution in [0.4, 0.5) is 0 Å². The van der Waals surface area contributed by atoms with E-state index in [0.29, 0.717) is 10.4 Å². The van der Waals surface area contributed by atoms with E-state index in [2.05, 4.69) is 35.2 Å². The monoisotopic (exact) mass is 442 g/mol. The Labute approximate surface area is 189 Å². The largest absolute Gasteiger partial charge is 0.295 e. The number of hydrogen-bond donors (Lipinski definition) is 0. The lowest BCUT2D eigenvalue weighted by atomic mass is 10.00. The molecule has 0 radical (unpaired) electrons. The molecule has 3 aromatic carbocycles. The summed E-state index contributed by atoms with van der Waals surface area (Å²) in [5, 5.41) is 0.969. The molecule has 0 saturated carbocycles. The molecule has 1 aliphatic heterocycles. The zero-order valence-corrected chi connectivity index (χ0v) is 18.9. The van der Waals surface area contributed by atoms with Crippen LogP contribution in [-0.4, -0.2) is 30.4 Å². The van der Waals surface area contributed by atoms with Gasteiger partial charge in [0.15, 0.2) is 0 Å². The molecule has 5 rings (SSSR count). The van der Waals surface area contributed by atoms with Gasteiger partial charge in [0.2, 0.25) is 0 Å². The molecular formula is C27H26N2O2S. The number of aromatic nitrogens is 1. The maximum atomic E-state index is 13.5. The van der Waals surface area contributed by atoms with E-state index >= 15 is 0 Å². The number of rotatable bonds is 5. The van der Waals surface area contributed by atoms with E-state index in [1.54, 1.807) is 18.3 Å². The Balaban J connectivity index is 1.53. The molecule has 0 saturated heterocycles. The second-order valence-electron chi connectivity index (χ2n) is 8.39. The van der Waals surface area contributed by atoms with Crippen LogP contribution >= 0.6 is 0 Å². The van der Waals surface area contributed by atoms with Crippen molar-refractivity contribution in [1.29, 1.82) is 0 Å². The number of para-hydroxylation sites is 1. The third-order valence-corrected chi connectivity index (χ3v) is 7.77. The minimum atomic E-state index is -3.69. The smallest absolute Gasteiger partial charge is 0.268 e. The number of aryl methyl sites for hydroxylation is 1. The van der Waals surface area contributed by atoms with Gasteiger partial charge in [-0.15, -0.1) is 0 Å². The fraction of sp³-hybridized carbons (Fsp3) is 0.185. The zero-order chi connectivity index (χ0) is 22.1. The predicted molar refractivity (Wildman–Crippen MR) is 130 cm³/mol. The van der Waals surface area contributed by atoms with Crippen molar-refractivity contribution in [2.24, 2.45) is 0 Å². The molecule has 0 fully saturated rings. The van der Waals surface area contributed by atoms with E-state index < -0.39 is 10.0 Å². The summed E-state index contributed by atoms with van der Waals surface area (Å²) in [6.07, 6.45) is 5.01. The Hall–Kier alpha value is -3.15. The fourth-order valence-corrected chi connectivity index (χ4v) is 5.78. The van der Waals surface area contributed by atoms with Gasteiger partial charge in [-0.2, -0.15) is 0 Å². The first-order chi connectivity index (χ1) is 15.5. The topological polar surface area (TPSA) is 42.3 Å². The molecule has 0 spiro atoms. The minimum absolute atomic E-state index is 0.304. The molecule has 4 aromatic rings. The van der Waals surface area contributed by atoms with Crippen LogP contribution < -0.4 is 0 Å². The van der Waals surface area contributed by atoms with Crippen molar-refractivity contribution in [3.63, 3.8) is 0 Å². The van der Waals surface area contributed by atoms with Crippen molar-refractivity contribution >= 4 is 26.5 Å². The van der Waals surface area contributed by atoms with Crippen LogP contribution in [0.1, 0.15) is 23.1 Å². The lowest BCUT2D eigenvalue weighted by molar-refractivity contribution is 0.296. The minimum Gasteiger partial charge on any atom is -0.295 e. The molecule has 0 atom stereocenters. The summed E-state index contributed by atoms with van der Waals surface area (Å²) in [7, 11) is -3.69. The van der Waals surface area contributed by atoms with Gasteiger partial charge in [0, 0.05) is 36.8 Å². The maximum Gasteiger partial charge on any atom is 0.268 e. The molecule has 162 valence electrons. The van der Waals surface area contributed by atoms with Crippen LogP contribution in [0.2, 0.25) is 0 Å². The summed E-state index contributed by atoms with van der Waals surface area (Å²) >= 11 is 0. The molecule has 0 bridgehead atoms. The molecule has 5 heteroatoms. The summed E-state index contributed by atoms with van der Waals surface area (Å²) < 4.78 is 28.4. The van der Waals surface area contributed by atoms with Gasteiger partial charge in [-0.1, -0.05) is 72.3 Å². The number of fused-ring (bicyclic) bond motifs is 1. The maximum absolute atomic E-state index is 13.5. The van der Waals surface area contributed by atoms with Crippen LogP contribution in [0.5, 0.6) is 0 Å². The second kappa shape index (κ2) is 8.41. The fourth-order valence-electron chi connectivity index (χ4n) is 4.41. The average molecular weight is 443 g/mol. The summed E-state index contributed by atoms with van der Waals surface area (Å²) in [6, 6.07) is 25.3. The van der Waals surface area contributed by atoms with Crippen molar-refractivity contribution in [2.75, 3.05) is 13.1 Å². The van der Waals surface area contributed by atoms with Gasteiger partial charge in [-0.25, -0.2) is 12.4 Å². The quantitative estimate of drug-likeness (QED) is 0.411. The van der Waals surface area contributed by atoms with E-state index in [0.717, 1.165) is 42.6 Å². The molecule has 2 heterocycles. The third-order valence-electron chi connectivity index (χ3n) is 6.08. The van der Waals surface area contributed by atoms with Crippen LogP contribution in [0, 0.1) is 6.92 Å². The second-order valence-corrected chi connectivity index (χ2v) is 10.2. The molecule has 4 nitrogen and oxygen atoms in total. The summed E-state index contributed by atoms with van der Waals surface area (Å²) in [4.78, 5) is 2.73. The molecule has 0 aliphatic carbocycles. The number of hydrogen-bond acceptors (Lipinski definition) is 3. The molecule has 0 N–H and O–H groups in total. The van der Waals surface area contributed by atoms with Gasteiger partial charge in [-0.3, -0.25) is 4.90 Å². The van der Waals surface area contributed by atoms with Crippen molar-refractivity contribution in [1.82, 2.24) is 8.87 Å². The highest BCUT2D eigenvalue weighted by Crippen LogP contribution is 2.32. The third kappa shape index (κ3) is 3.90. The van der Waals surface area contributed by atoms with E-state index in [1.807, 2.05) is 49.4 Å². The van der Waals surface area contributed by atoms with E-state index in [9.17, 15) is 8.42 Å². The SMILES string of the molecule is Cc1ccc(S(=O)(=O)n2cc(C3=CCCN(Cc4ccccc4)C3)c3ccccc32)cc1. The van der Waals surface area contributed by atoms with Crippen LogP contribution in [0.15, 0.2) is 96.0 Å². The van der Waals surface area contributed by atoms with Crippen molar-refractivity contribution in [3.05, 3.63) is 108 Å². The highest BCUT2D eigenvalue weighted by Gasteiger charge is 2.24. The van der Waals surface area contributed by atoms with Gasteiger partial charge >= 0.3 is 0 Å². The standard InChI is InChI=1S/C27H26N2O2S/c1-21-13-15-24(16-14-21)32(30,31)29-20-26(25-11-5-6-12-27(25)29)23-10-7-17-28(19-23)18-22-8-3-2-4-9-22/h2-6,8-16,20H,7,17-19H2,1H3. The molecule has 1 aromatic heterocycles. The molecule has 0 amide bonds. The lowest BCUT2D eigenvalue weighted by Crippen LogP contribution is -2.29. The normalized spacial score (nSPS) is 15.1. The predicted octanol–water partition coefficient (Wildman–Crippen LogP) is 5.48. The molecule has 32 heavy (non-hydrogen) atoms. The summed E-state index contributed by atoms with van der Waals surface area (Å²) in [6.45, 7) is 4.64. The molecule has 1 aliphatic rings. The number of nitrogens with zero attached hydrogens (tertiary/aromatic N) is 2. The van der Waals surface area contributed by atoms with Gasteiger partial charge < -0.3 is 0 Å². The van der Waals surface area contributed by atoms with E-state index in [-0.39, 0.29) is 0 Å². The highest BCUT2D eigenvalue weighted by molar-refractivity contribution is 7.90. The lowest BCUT2D eigenvalue weighted by Gasteiger charge is -2.27. The first kappa shape index (κ1) is 20.7. The Bertz CT molecular complexity index is 1380. The summed E-state index contributed by atoms with van der Waals surface area (Å²) in [5.41, 5.74) is 5.21. The first-order valence-corrected chi connectivity index (χ1v) is 12.3. The summed E-state index contributed by atoms with van der Waals surface area (Å²) in [5.74, 6) is 0. The van der Waals surface area contributed by atoms with Crippen molar-refractivity contribution in [2.45, 2.75) is 24.8 Å². The molecular weight excluding hydrogens is 416 g/mol. The van der Waals surface area contributed by atoms with E-state index in [1.165, 1.54) is 15.1 Å². The van der Waals surface area contributed by atoms with Gasteiger partial charge in [-0.05, 0) is 42.7 Å². The average Bonchev–Trinajstić information content (AvgIpc) is 3.21. The molecule has 0 unspecified atom stereocenters. The van der Waals surface area contributed by atoms with Gasteiger partial charge in [0.1, 0.15) is 0 Å². The Kier molecular flexibility index (Phi) is 5.45. The number of benzene rings is 3. The Morgan fingerprint density at radius 3 is 2.38 bits per heavy atom. The van der Waals surface area contributed by atoms with Crippen LogP contribution in [0.25, 0.3) is 16.5 Å². The van der Waals surface area contributed by atoms with Crippen molar-refractivity contribution in [3.8, 4) is 0 Å². The Morgan fingerprint density at radius 2 is 1.59 bits per heavy atom.